The van der Waals surface area contributed by atoms with Gasteiger partial charge >= 0.3 is 0 Å². The lowest BCUT2D eigenvalue weighted by molar-refractivity contribution is 0.102. The number of carbonyl (C=O) groups excluding carboxylic acids is 1. The monoisotopic (exact) mass is 291 g/mol. The predicted octanol–water partition coefficient (Wildman–Crippen LogP) is 2.49. The molecule has 0 radical (unpaired) electrons. The summed E-state index contributed by atoms with van der Waals surface area (Å²) in [6, 6.07) is 12.9. The molecule has 0 aromatic heterocycles. The number of carbonyl (C=O) groups is 1. The Morgan fingerprint density at radius 3 is 2.35 bits per heavy atom. The van der Waals surface area contributed by atoms with Crippen LogP contribution in [0.15, 0.2) is 53.4 Å². The molecule has 20 heavy (non-hydrogen) atoms. The lowest BCUT2D eigenvalue weighted by Crippen LogP contribution is -2.12. The van der Waals surface area contributed by atoms with Crippen LogP contribution in [0.5, 0.6) is 0 Å². The Bertz CT molecular complexity index is 739. The zero-order chi connectivity index (χ0) is 14.8. The van der Waals surface area contributed by atoms with Crippen molar-refractivity contribution in [2.24, 2.45) is 0 Å². The Kier molecular flexibility index (Phi) is 3.87. The summed E-state index contributed by atoms with van der Waals surface area (Å²) < 4.78 is 31.5. The van der Waals surface area contributed by atoms with Crippen molar-refractivity contribution >= 4 is 21.7 Å². The van der Waals surface area contributed by atoms with Crippen LogP contribution in [0.1, 0.15) is 15.9 Å². The van der Waals surface area contributed by atoms with Gasteiger partial charge in [-0.1, -0.05) is 24.3 Å². The SMILES string of the molecule is Cc1ccc(NC(=O)c2ccccc2)cc1S(=O)(=O)O. The molecule has 0 spiro atoms. The van der Waals surface area contributed by atoms with Crippen molar-refractivity contribution < 1.29 is 17.8 Å². The molecule has 2 N–H and O–H groups in total. The van der Waals surface area contributed by atoms with Gasteiger partial charge in [-0.3, -0.25) is 9.35 Å². The van der Waals surface area contributed by atoms with E-state index in [0.717, 1.165) is 0 Å². The van der Waals surface area contributed by atoms with Gasteiger partial charge in [-0.2, -0.15) is 8.42 Å². The molecule has 2 rings (SSSR count). The first-order valence-corrected chi connectivity index (χ1v) is 7.26. The largest absolute Gasteiger partial charge is 0.322 e. The first-order valence-electron chi connectivity index (χ1n) is 5.82. The number of hydrogen-bond acceptors (Lipinski definition) is 3. The molecule has 0 saturated heterocycles. The minimum atomic E-state index is -4.31. The van der Waals surface area contributed by atoms with Crippen molar-refractivity contribution in [1.29, 1.82) is 0 Å². The molecule has 0 aliphatic rings. The Morgan fingerprint density at radius 1 is 1.10 bits per heavy atom. The van der Waals surface area contributed by atoms with Gasteiger partial charge in [0.2, 0.25) is 0 Å². The predicted molar refractivity (Wildman–Crippen MR) is 75.4 cm³/mol. The summed E-state index contributed by atoms with van der Waals surface area (Å²) in [5.74, 6) is -0.351. The molecule has 2 aromatic rings. The molecular formula is C14H13NO4S. The molecule has 1 amide bonds. The zero-order valence-corrected chi connectivity index (χ0v) is 11.5. The first kappa shape index (κ1) is 14.2. The molecule has 0 fully saturated rings. The van der Waals surface area contributed by atoms with Crippen LogP contribution in [0.4, 0.5) is 5.69 Å². The molecule has 0 atom stereocenters. The molecule has 104 valence electrons. The fraction of sp³-hybridized carbons (Fsp3) is 0.0714. The van der Waals surface area contributed by atoms with E-state index in [0.29, 0.717) is 16.8 Å². The second-order valence-electron chi connectivity index (χ2n) is 4.28. The highest BCUT2D eigenvalue weighted by atomic mass is 32.2. The molecule has 0 unspecified atom stereocenters. The number of amides is 1. The van der Waals surface area contributed by atoms with E-state index in [-0.39, 0.29) is 10.8 Å². The Morgan fingerprint density at radius 2 is 1.75 bits per heavy atom. The fourth-order valence-corrected chi connectivity index (χ4v) is 2.50. The van der Waals surface area contributed by atoms with Crippen molar-refractivity contribution in [2.45, 2.75) is 11.8 Å². The van der Waals surface area contributed by atoms with E-state index >= 15 is 0 Å². The highest BCUT2D eigenvalue weighted by Gasteiger charge is 2.14. The van der Waals surface area contributed by atoms with Gasteiger partial charge in [0.05, 0.1) is 4.90 Å². The van der Waals surface area contributed by atoms with Crippen molar-refractivity contribution in [1.82, 2.24) is 0 Å². The molecule has 5 nitrogen and oxygen atoms in total. The topological polar surface area (TPSA) is 83.5 Å². The zero-order valence-electron chi connectivity index (χ0n) is 10.7. The molecule has 6 heteroatoms. The van der Waals surface area contributed by atoms with E-state index in [9.17, 15) is 13.2 Å². The van der Waals surface area contributed by atoms with Crippen molar-refractivity contribution in [2.75, 3.05) is 5.32 Å². The van der Waals surface area contributed by atoms with Crippen LogP contribution >= 0.6 is 0 Å². The summed E-state index contributed by atoms with van der Waals surface area (Å²) in [6.07, 6.45) is 0. The van der Waals surface area contributed by atoms with E-state index in [1.54, 1.807) is 43.3 Å². The third-order valence-electron chi connectivity index (χ3n) is 2.76. The van der Waals surface area contributed by atoms with Gasteiger partial charge in [0.25, 0.3) is 16.0 Å². The van der Waals surface area contributed by atoms with Crippen LogP contribution in [-0.4, -0.2) is 18.9 Å². The quantitative estimate of drug-likeness (QED) is 0.851. The summed E-state index contributed by atoms with van der Waals surface area (Å²) in [5, 5.41) is 2.58. The number of rotatable bonds is 3. The molecule has 0 aliphatic heterocycles. The molecule has 0 bridgehead atoms. The number of nitrogens with one attached hydrogen (secondary N) is 1. The van der Waals surface area contributed by atoms with Crippen molar-refractivity contribution in [3.05, 3.63) is 59.7 Å². The summed E-state index contributed by atoms with van der Waals surface area (Å²) in [6.45, 7) is 1.56. The van der Waals surface area contributed by atoms with Gasteiger partial charge in [-0.05, 0) is 36.8 Å². The normalized spacial score (nSPS) is 11.1. The third-order valence-corrected chi connectivity index (χ3v) is 3.76. The summed E-state index contributed by atoms with van der Waals surface area (Å²) in [7, 11) is -4.31. The first-order chi connectivity index (χ1) is 9.38. The average molecular weight is 291 g/mol. The smallest absolute Gasteiger partial charge is 0.294 e. The minimum Gasteiger partial charge on any atom is -0.322 e. The van der Waals surface area contributed by atoms with E-state index in [1.807, 2.05) is 0 Å². The van der Waals surface area contributed by atoms with Crippen LogP contribution in [0.2, 0.25) is 0 Å². The van der Waals surface area contributed by atoms with Crippen molar-refractivity contribution in [3.8, 4) is 0 Å². The Hall–Kier alpha value is -2.18. The van der Waals surface area contributed by atoms with E-state index in [2.05, 4.69) is 5.32 Å². The van der Waals surface area contributed by atoms with E-state index in [4.69, 9.17) is 4.55 Å². The van der Waals surface area contributed by atoms with Gasteiger partial charge in [-0.25, -0.2) is 0 Å². The molecular weight excluding hydrogens is 278 g/mol. The molecule has 0 heterocycles. The fourth-order valence-electron chi connectivity index (χ4n) is 1.75. The summed E-state index contributed by atoms with van der Waals surface area (Å²) in [4.78, 5) is 11.7. The lowest BCUT2D eigenvalue weighted by atomic mass is 10.2. The highest BCUT2D eigenvalue weighted by Crippen LogP contribution is 2.20. The average Bonchev–Trinajstić information content (AvgIpc) is 2.40. The second-order valence-corrected chi connectivity index (χ2v) is 5.67. The van der Waals surface area contributed by atoms with Crippen LogP contribution in [0, 0.1) is 6.92 Å². The van der Waals surface area contributed by atoms with Gasteiger partial charge in [-0.15, -0.1) is 0 Å². The molecule has 0 saturated carbocycles. The molecule has 0 aliphatic carbocycles. The minimum absolute atomic E-state index is 0.219. The van der Waals surface area contributed by atoms with Crippen LogP contribution in [-0.2, 0) is 10.1 Å². The second kappa shape index (κ2) is 5.44. The maximum Gasteiger partial charge on any atom is 0.294 e. The van der Waals surface area contributed by atoms with Gasteiger partial charge < -0.3 is 5.32 Å². The van der Waals surface area contributed by atoms with Gasteiger partial charge in [0.15, 0.2) is 0 Å². The molecule has 2 aromatic carbocycles. The summed E-state index contributed by atoms with van der Waals surface area (Å²) >= 11 is 0. The summed E-state index contributed by atoms with van der Waals surface area (Å²) in [5.41, 5.74) is 1.17. The standard InChI is InChI=1S/C14H13NO4S/c1-10-7-8-12(9-13(10)20(17,18)19)15-14(16)11-5-3-2-4-6-11/h2-9H,1H3,(H,15,16)(H,17,18,19). The van der Waals surface area contributed by atoms with Crippen molar-refractivity contribution in [3.63, 3.8) is 0 Å². The number of aryl methyl sites for hydroxylation is 1. The van der Waals surface area contributed by atoms with Gasteiger partial charge in [0, 0.05) is 11.3 Å². The lowest BCUT2D eigenvalue weighted by Gasteiger charge is -2.08. The number of benzene rings is 2. The number of anilines is 1. The van der Waals surface area contributed by atoms with E-state index in [1.165, 1.54) is 12.1 Å². The Labute approximate surface area is 117 Å². The highest BCUT2D eigenvalue weighted by molar-refractivity contribution is 7.85. The van der Waals surface area contributed by atoms with Crippen LogP contribution in [0.25, 0.3) is 0 Å². The van der Waals surface area contributed by atoms with Gasteiger partial charge in [0.1, 0.15) is 0 Å². The maximum absolute atomic E-state index is 11.9. The number of hydrogen-bond donors (Lipinski definition) is 2. The third kappa shape index (κ3) is 3.23. The van der Waals surface area contributed by atoms with Crippen LogP contribution < -0.4 is 5.32 Å². The maximum atomic E-state index is 11.9. The Balaban J connectivity index is 2.30. The van der Waals surface area contributed by atoms with Crippen LogP contribution in [0.3, 0.4) is 0 Å². The van der Waals surface area contributed by atoms with E-state index < -0.39 is 10.1 Å².